The Kier molecular flexibility index (Phi) is 6.38. The summed E-state index contributed by atoms with van der Waals surface area (Å²) in [5.74, 6) is 0.133. The summed E-state index contributed by atoms with van der Waals surface area (Å²) in [5, 5.41) is 18.2. The molecule has 0 unspecified atom stereocenters. The number of carbonyl (C=O) groups excluding carboxylic acids is 2. The van der Waals surface area contributed by atoms with Crippen LogP contribution in [-0.4, -0.2) is 29.8 Å². The van der Waals surface area contributed by atoms with Crippen molar-refractivity contribution in [1.29, 1.82) is 0 Å². The van der Waals surface area contributed by atoms with Gasteiger partial charge >= 0.3 is 6.03 Å². The summed E-state index contributed by atoms with van der Waals surface area (Å²) in [6, 6.07) is 7.75. The van der Waals surface area contributed by atoms with Crippen LogP contribution in [0, 0.1) is 0 Å². The highest BCUT2D eigenvalue weighted by Crippen LogP contribution is 2.19. The third-order valence-corrected chi connectivity index (χ3v) is 3.29. The summed E-state index contributed by atoms with van der Waals surface area (Å²) in [5.41, 5.74) is 2.68. The van der Waals surface area contributed by atoms with E-state index >= 15 is 0 Å². The lowest BCUT2D eigenvalue weighted by molar-refractivity contribution is -0.120. The number of hydrogen-bond donors (Lipinski definition) is 4. The van der Waals surface area contributed by atoms with Crippen LogP contribution >= 0.6 is 15.9 Å². The van der Waals surface area contributed by atoms with Crippen molar-refractivity contribution in [3.8, 4) is 5.75 Å². The molecule has 0 radical (unpaired) electrons. The minimum absolute atomic E-state index is 0.0339. The molecule has 24 heavy (non-hydrogen) atoms. The van der Waals surface area contributed by atoms with E-state index in [4.69, 9.17) is 4.42 Å². The first kappa shape index (κ1) is 17.5. The normalized spacial score (nSPS) is 10.5. The summed E-state index contributed by atoms with van der Waals surface area (Å²) < 4.78 is 5.82. The second-order valence-corrected chi connectivity index (χ2v) is 5.53. The van der Waals surface area contributed by atoms with Crippen molar-refractivity contribution in [3.63, 3.8) is 0 Å². The number of carbonyl (C=O) groups is 2. The van der Waals surface area contributed by atoms with Crippen LogP contribution in [0.2, 0.25) is 0 Å². The van der Waals surface area contributed by atoms with Crippen molar-refractivity contribution in [2.75, 3.05) is 6.54 Å². The van der Waals surface area contributed by atoms with Crippen molar-refractivity contribution in [2.24, 2.45) is 5.10 Å². The van der Waals surface area contributed by atoms with Crippen molar-refractivity contribution >= 4 is 34.1 Å². The van der Waals surface area contributed by atoms with E-state index in [1.165, 1.54) is 18.5 Å². The van der Waals surface area contributed by atoms with Crippen molar-refractivity contribution < 1.29 is 19.1 Å². The monoisotopic (exact) mass is 394 g/mol. The van der Waals surface area contributed by atoms with E-state index in [9.17, 15) is 14.7 Å². The number of nitrogens with one attached hydrogen (secondary N) is 3. The fourth-order valence-corrected chi connectivity index (χ4v) is 2.02. The molecule has 8 nitrogen and oxygen atoms in total. The molecule has 4 N–H and O–H groups in total. The highest BCUT2D eigenvalue weighted by molar-refractivity contribution is 9.10. The maximum Gasteiger partial charge on any atom is 0.315 e. The van der Waals surface area contributed by atoms with E-state index in [0.29, 0.717) is 11.3 Å². The lowest BCUT2D eigenvalue weighted by Gasteiger charge is -2.05. The van der Waals surface area contributed by atoms with E-state index in [2.05, 4.69) is 37.1 Å². The standard InChI is InChI=1S/C15H15BrN4O4/c16-11-3-4-13(21)10(6-11)7-19-20-14(22)9-18-15(23)17-8-12-2-1-5-24-12/h1-7,21H,8-9H2,(H,20,22)(H2,17,18,23)/b19-7+. The predicted octanol–water partition coefficient (Wildman–Crippen LogP) is 1.70. The number of phenolic OH excluding ortho intramolecular Hbond substituents is 1. The van der Waals surface area contributed by atoms with Gasteiger partial charge in [-0.05, 0) is 30.3 Å². The molecule has 1 aromatic heterocycles. The number of aromatic hydroxyl groups is 1. The maximum absolute atomic E-state index is 11.6. The number of hydrogen-bond acceptors (Lipinski definition) is 5. The van der Waals surface area contributed by atoms with Gasteiger partial charge in [-0.25, -0.2) is 10.2 Å². The molecule has 1 heterocycles. The van der Waals surface area contributed by atoms with Crippen LogP contribution in [0.5, 0.6) is 5.75 Å². The Morgan fingerprint density at radius 1 is 1.29 bits per heavy atom. The van der Waals surface area contributed by atoms with E-state index in [1.54, 1.807) is 24.3 Å². The number of benzene rings is 1. The molecule has 0 spiro atoms. The van der Waals surface area contributed by atoms with Gasteiger partial charge in [0.25, 0.3) is 5.91 Å². The number of rotatable bonds is 6. The van der Waals surface area contributed by atoms with Crippen molar-refractivity contribution in [3.05, 3.63) is 52.4 Å². The van der Waals surface area contributed by atoms with Gasteiger partial charge in [-0.15, -0.1) is 0 Å². The SMILES string of the molecule is O=C(CNC(=O)NCc1ccco1)N/N=C/c1cc(Br)ccc1O. The zero-order valence-corrected chi connectivity index (χ0v) is 14.0. The maximum atomic E-state index is 11.6. The molecule has 0 fully saturated rings. The Balaban J connectivity index is 1.70. The van der Waals surface area contributed by atoms with Crippen LogP contribution < -0.4 is 16.1 Å². The van der Waals surface area contributed by atoms with Crippen LogP contribution in [-0.2, 0) is 11.3 Å². The summed E-state index contributed by atoms with van der Waals surface area (Å²) in [7, 11) is 0. The lowest BCUT2D eigenvalue weighted by Crippen LogP contribution is -2.40. The predicted molar refractivity (Wildman–Crippen MR) is 90.5 cm³/mol. The minimum atomic E-state index is -0.506. The fourth-order valence-electron chi connectivity index (χ4n) is 1.65. The Morgan fingerprint density at radius 2 is 2.12 bits per heavy atom. The molecule has 0 aliphatic carbocycles. The number of nitrogens with zero attached hydrogens (tertiary/aromatic N) is 1. The molecule has 0 aliphatic rings. The molecule has 126 valence electrons. The van der Waals surface area contributed by atoms with E-state index in [0.717, 1.165) is 4.47 Å². The Morgan fingerprint density at radius 3 is 2.88 bits per heavy atom. The molecule has 2 rings (SSSR count). The summed E-state index contributed by atoms with van der Waals surface area (Å²) in [6.07, 6.45) is 2.80. The highest BCUT2D eigenvalue weighted by Gasteiger charge is 2.05. The smallest absolute Gasteiger partial charge is 0.315 e. The summed E-state index contributed by atoms with van der Waals surface area (Å²) >= 11 is 3.27. The van der Waals surface area contributed by atoms with E-state index in [-0.39, 0.29) is 18.8 Å². The van der Waals surface area contributed by atoms with Crippen LogP contribution in [0.4, 0.5) is 4.79 Å². The van der Waals surface area contributed by atoms with Crippen LogP contribution in [0.15, 0.2) is 50.6 Å². The van der Waals surface area contributed by atoms with Crippen molar-refractivity contribution in [1.82, 2.24) is 16.1 Å². The molecular formula is C15H15BrN4O4. The highest BCUT2D eigenvalue weighted by atomic mass is 79.9. The first-order chi connectivity index (χ1) is 11.5. The second-order valence-electron chi connectivity index (χ2n) is 4.61. The van der Waals surface area contributed by atoms with Gasteiger partial charge in [0.05, 0.1) is 19.0 Å². The molecule has 0 atom stereocenters. The first-order valence-corrected chi connectivity index (χ1v) is 7.68. The first-order valence-electron chi connectivity index (χ1n) is 6.89. The number of hydrazone groups is 1. The molecule has 0 saturated carbocycles. The third-order valence-electron chi connectivity index (χ3n) is 2.80. The number of amides is 3. The van der Waals surface area contributed by atoms with Gasteiger partial charge in [-0.1, -0.05) is 15.9 Å². The van der Waals surface area contributed by atoms with E-state index < -0.39 is 11.9 Å². The average Bonchev–Trinajstić information content (AvgIpc) is 3.07. The van der Waals surface area contributed by atoms with Crippen LogP contribution in [0.3, 0.4) is 0 Å². The number of urea groups is 1. The van der Waals surface area contributed by atoms with Gasteiger partial charge < -0.3 is 20.2 Å². The Hall–Kier alpha value is -2.81. The molecule has 0 bridgehead atoms. The van der Waals surface area contributed by atoms with Gasteiger partial charge in [-0.3, -0.25) is 4.79 Å². The lowest BCUT2D eigenvalue weighted by atomic mass is 10.2. The van der Waals surface area contributed by atoms with Gasteiger partial charge in [0, 0.05) is 10.0 Å². The Labute approximate surface area is 146 Å². The average molecular weight is 395 g/mol. The second kappa shape index (κ2) is 8.73. The topological polar surface area (TPSA) is 116 Å². The van der Waals surface area contributed by atoms with Gasteiger partial charge in [0.1, 0.15) is 18.1 Å². The third kappa shape index (κ3) is 5.76. The molecular weight excluding hydrogens is 380 g/mol. The summed E-state index contributed by atoms with van der Waals surface area (Å²) in [4.78, 5) is 23.1. The number of phenols is 1. The molecule has 2 aromatic rings. The van der Waals surface area contributed by atoms with E-state index in [1.807, 2.05) is 0 Å². The van der Waals surface area contributed by atoms with Gasteiger partial charge in [0.15, 0.2) is 0 Å². The van der Waals surface area contributed by atoms with Gasteiger partial charge in [0.2, 0.25) is 0 Å². The molecule has 0 saturated heterocycles. The Bertz CT molecular complexity index is 731. The molecule has 0 aliphatic heterocycles. The largest absolute Gasteiger partial charge is 0.507 e. The van der Waals surface area contributed by atoms with Crippen molar-refractivity contribution in [2.45, 2.75) is 6.54 Å². The van der Waals surface area contributed by atoms with Crippen LogP contribution in [0.25, 0.3) is 0 Å². The van der Waals surface area contributed by atoms with Crippen LogP contribution in [0.1, 0.15) is 11.3 Å². The minimum Gasteiger partial charge on any atom is -0.507 e. The molecule has 1 aromatic carbocycles. The fraction of sp³-hybridized carbons (Fsp3) is 0.133. The van der Waals surface area contributed by atoms with Gasteiger partial charge in [-0.2, -0.15) is 5.10 Å². The number of furan rings is 1. The molecule has 3 amide bonds. The zero-order valence-electron chi connectivity index (χ0n) is 12.5. The molecule has 9 heteroatoms. The quantitative estimate of drug-likeness (QED) is 0.440. The summed E-state index contributed by atoms with van der Waals surface area (Å²) in [6.45, 7) is -0.0213. The number of halogens is 1. The zero-order chi connectivity index (χ0) is 17.4.